The monoisotopic (exact) mass is 278 g/mol. The Morgan fingerprint density at radius 3 is 2.79 bits per heavy atom. The molecule has 0 radical (unpaired) electrons. The molecule has 102 valence electrons. The van der Waals surface area contributed by atoms with Crippen molar-refractivity contribution in [3.63, 3.8) is 0 Å². The lowest BCUT2D eigenvalue weighted by molar-refractivity contribution is 0.0913. The molecule has 1 N–H and O–H groups in total. The number of nitrogens with one attached hydrogen (secondary N) is 1. The Bertz CT molecular complexity index is 531. The van der Waals surface area contributed by atoms with E-state index in [4.69, 9.17) is 4.42 Å². The van der Waals surface area contributed by atoms with Crippen molar-refractivity contribution in [2.45, 2.75) is 13.0 Å². The van der Waals surface area contributed by atoms with Gasteiger partial charge in [0.25, 0.3) is 5.91 Å². The van der Waals surface area contributed by atoms with Gasteiger partial charge in [0.1, 0.15) is 0 Å². The molecule has 0 spiro atoms. The van der Waals surface area contributed by atoms with Gasteiger partial charge in [-0.2, -0.15) is 0 Å². The van der Waals surface area contributed by atoms with Crippen LogP contribution >= 0.6 is 11.3 Å². The molecule has 0 aliphatic carbocycles. The average Bonchev–Trinajstić information content (AvgIpc) is 3.00. The van der Waals surface area contributed by atoms with Gasteiger partial charge in [-0.05, 0) is 38.5 Å². The largest absolute Gasteiger partial charge is 0.459 e. The van der Waals surface area contributed by atoms with Gasteiger partial charge < -0.3 is 14.6 Å². The molecule has 0 fully saturated rings. The van der Waals surface area contributed by atoms with E-state index in [1.807, 2.05) is 32.5 Å². The Kier molecular flexibility index (Phi) is 4.39. The van der Waals surface area contributed by atoms with Crippen molar-refractivity contribution >= 4 is 17.2 Å². The second-order valence-electron chi connectivity index (χ2n) is 4.64. The zero-order valence-corrected chi connectivity index (χ0v) is 12.2. The number of rotatable bonds is 5. The molecule has 2 rings (SSSR count). The van der Waals surface area contributed by atoms with Gasteiger partial charge in [-0.1, -0.05) is 6.07 Å². The lowest BCUT2D eigenvalue weighted by Gasteiger charge is -2.23. The summed E-state index contributed by atoms with van der Waals surface area (Å²) >= 11 is 1.70. The summed E-state index contributed by atoms with van der Waals surface area (Å²) in [5.74, 6) is 0.231. The van der Waals surface area contributed by atoms with E-state index in [-0.39, 0.29) is 11.9 Å². The summed E-state index contributed by atoms with van der Waals surface area (Å²) in [6.07, 6.45) is 1.53. The SMILES string of the molecule is Cc1ccoc1C(=O)NCC(c1cccs1)N(C)C. The maximum Gasteiger partial charge on any atom is 0.287 e. The van der Waals surface area contributed by atoms with Crippen LogP contribution in [0.4, 0.5) is 0 Å². The fourth-order valence-electron chi connectivity index (χ4n) is 1.89. The van der Waals surface area contributed by atoms with E-state index >= 15 is 0 Å². The van der Waals surface area contributed by atoms with Crippen molar-refractivity contribution in [2.24, 2.45) is 0 Å². The van der Waals surface area contributed by atoms with E-state index in [1.165, 1.54) is 11.1 Å². The summed E-state index contributed by atoms with van der Waals surface area (Å²) in [6.45, 7) is 2.42. The Balaban J connectivity index is 2.00. The topological polar surface area (TPSA) is 45.5 Å². The van der Waals surface area contributed by atoms with Gasteiger partial charge in [0, 0.05) is 17.0 Å². The van der Waals surface area contributed by atoms with Gasteiger partial charge in [0.05, 0.1) is 12.3 Å². The number of aryl methyl sites for hydroxylation is 1. The normalized spacial score (nSPS) is 12.6. The van der Waals surface area contributed by atoms with Gasteiger partial charge in [0.15, 0.2) is 5.76 Å². The van der Waals surface area contributed by atoms with Crippen molar-refractivity contribution in [2.75, 3.05) is 20.6 Å². The average molecular weight is 278 g/mol. The van der Waals surface area contributed by atoms with Crippen molar-refractivity contribution < 1.29 is 9.21 Å². The standard InChI is InChI=1S/C14H18N2O2S/c1-10-6-7-18-13(10)14(17)15-9-11(16(2)3)12-5-4-8-19-12/h4-8,11H,9H2,1-3H3,(H,15,17). The minimum Gasteiger partial charge on any atom is -0.459 e. The number of furan rings is 1. The summed E-state index contributed by atoms with van der Waals surface area (Å²) in [5, 5.41) is 4.97. The number of carbonyl (C=O) groups excluding carboxylic acids is 1. The molecule has 1 unspecified atom stereocenters. The Labute approximate surface area is 117 Å². The van der Waals surface area contributed by atoms with E-state index < -0.39 is 0 Å². The van der Waals surface area contributed by atoms with E-state index in [2.05, 4.69) is 16.3 Å². The molecule has 1 amide bonds. The molecule has 5 heteroatoms. The zero-order chi connectivity index (χ0) is 13.8. The van der Waals surface area contributed by atoms with Gasteiger partial charge >= 0.3 is 0 Å². The number of amides is 1. The maximum absolute atomic E-state index is 12.0. The van der Waals surface area contributed by atoms with E-state index in [0.29, 0.717) is 12.3 Å². The minimum absolute atomic E-state index is 0.161. The highest BCUT2D eigenvalue weighted by Crippen LogP contribution is 2.22. The van der Waals surface area contributed by atoms with Gasteiger partial charge in [0.2, 0.25) is 0 Å². The zero-order valence-electron chi connectivity index (χ0n) is 11.3. The van der Waals surface area contributed by atoms with Crippen LogP contribution in [0.15, 0.2) is 34.3 Å². The van der Waals surface area contributed by atoms with Gasteiger partial charge in [-0.3, -0.25) is 4.79 Å². The van der Waals surface area contributed by atoms with E-state index in [9.17, 15) is 4.79 Å². The fourth-order valence-corrected chi connectivity index (χ4v) is 2.82. The summed E-state index contributed by atoms with van der Waals surface area (Å²) in [5.41, 5.74) is 0.857. The molecule has 2 heterocycles. The maximum atomic E-state index is 12.0. The Morgan fingerprint density at radius 2 is 2.26 bits per heavy atom. The van der Waals surface area contributed by atoms with Crippen molar-refractivity contribution in [1.29, 1.82) is 0 Å². The molecule has 1 atom stereocenters. The quantitative estimate of drug-likeness (QED) is 0.914. The number of hydrogen-bond donors (Lipinski definition) is 1. The number of thiophene rings is 1. The molecule has 0 aromatic carbocycles. The first-order valence-electron chi connectivity index (χ1n) is 6.11. The molecule has 0 aliphatic rings. The van der Waals surface area contributed by atoms with Crippen LogP contribution in [-0.4, -0.2) is 31.4 Å². The molecule has 0 saturated heterocycles. The lowest BCUT2D eigenvalue weighted by atomic mass is 10.2. The molecule has 0 bridgehead atoms. The predicted molar refractivity (Wildman–Crippen MR) is 76.5 cm³/mol. The third kappa shape index (κ3) is 3.24. The van der Waals surface area contributed by atoms with Gasteiger partial charge in [-0.25, -0.2) is 0 Å². The summed E-state index contributed by atoms with van der Waals surface area (Å²) in [4.78, 5) is 15.3. The Morgan fingerprint density at radius 1 is 1.47 bits per heavy atom. The van der Waals surface area contributed by atoms with Crippen molar-refractivity contribution in [1.82, 2.24) is 10.2 Å². The molecular formula is C14H18N2O2S. The molecule has 2 aromatic heterocycles. The third-order valence-corrected chi connectivity index (χ3v) is 3.99. The molecular weight excluding hydrogens is 260 g/mol. The minimum atomic E-state index is -0.161. The van der Waals surface area contributed by atoms with Crippen LogP contribution in [-0.2, 0) is 0 Å². The van der Waals surface area contributed by atoms with Crippen LogP contribution in [0.5, 0.6) is 0 Å². The summed E-state index contributed by atoms with van der Waals surface area (Å²) < 4.78 is 5.19. The number of carbonyl (C=O) groups is 1. The highest BCUT2D eigenvalue weighted by molar-refractivity contribution is 7.10. The van der Waals surface area contributed by atoms with Crippen LogP contribution < -0.4 is 5.32 Å². The molecule has 2 aromatic rings. The highest BCUT2D eigenvalue weighted by atomic mass is 32.1. The second-order valence-corrected chi connectivity index (χ2v) is 5.62. The van der Waals surface area contributed by atoms with E-state index in [0.717, 1.165) is 5.56 Å². The fraction of sp³-hybridized carbons (Fsp3) is 0.357. The molecule has 4 nitrogen and oxygen atoms in total. The van der Waals surface area contributed by atoms with Crippen LogP contribution in [0.25, 0.3) is 0 Å². The molecule has 0 saturated carbocycles. The van der Waals surface area contributed by atoms with Crippen LogP contribution in [0.1, 0.15) is 27.0 Å². The first kappa shape index (κ1) is 13.8. The van der Waals surface area contributed by atoms with Crippen molar-refractivity contribution in [3.05, 3.63) is 46.0 Å². The number of likely N-dealkylation sites (N-methyl/N-ethyl adjacent to an activating group) is 1. The van der Waals surface area contributed by atoms with Crippen LogP contribution in [0.2, 0.25) is 0 Å². The molecule has 19 heavy (non-hydrogen) atoms. The van der Waals surface area contributed by atoms with E-state index in [1.54, 1.807) is 17.4 Å². The lowest BCUT2D eigenvalue weighted by Crippen LogP contribution is -2.34. The molecule has 0 aliphatic heterocycles. The highest BCUT2D eigenvalue weighted by Gasteiger charge is 2.18. The van der Waals surface area contributed by atoms with Crippen molar-refractivity contribution in [3.8, 4) is 0 Å². The van der Waals surface area contributed by atoms with Gasteiger partial charge in [-0.15, -0.1) is 11.3 Å². The van der Waals surface area contributed by atoms with Crippen LogP contribution in [0, 0.1) is 6.92 Å². The Hall–Kier alpha value is -1.59. The first-order chi connectivity index (χ1) is 9.09. The first-order valence-corrected chi connectivity index (χ1v) is 6.99. The predicted octanol–water partition coefficient (Wildman–Crippen LogP) is 2.68. The second kappa shape index (κ2) is 6.04. The van der Waals surface area contributed by atoms with Crippen LogP contribution in [0.3, 0.4) is 0 Å². The number of nitrogens with zero attached hydrogens (tertiary/aromatic N) is 1. The number of hydrogen-bond acceptors (Lipinski definition) is 4. The summed E-state index contributed by atoms with van der Waals surface area (Å²) in [6, 6.07) is 6.07. The third-order valence-electron chi connectivity index (χ3n) is 3.02. The summed E-state index contributed by atoms with van der Waals surface area (Å²) in [7, 11) is 4.02. The smallest absolute Gasteiger partial charge is 0.287 e.